The van der Waals surface area contributed by atoms with Crippen LogP contribution in [0.1, 0.15) is 0 Å². The maximum absolute atomic E-state index is 10.7. The van der Waals surface area contributed by atoms with E-state index in [4.69, 9.17) is 16.2 Å². The van der Waals surface area contributed by atoms with E-state index in [2.05, 4.69) is 6.58 Å². The lowest BCUT2D eigenvalue weighted by Crippen LogP contribution is -2.46. The lowest BCUT2D eigenvalue weighted by Gasteiger charge is -2.11. The number of primary amides is 1. The van der Waals surface area contributed by atoms with Gasteiger partial charge in [0.05, 0.1) is 12.6 Å². The Morgan fingerprint density at radius 3 is 2.50 bits per heavy atom. The van der Waals surface area contributed by atoms with Gasteiger partial charge in [0.25, 0.3) is 5.91 Å². The first-order valence-corrected chi connectivity index (χ1v) is 2.95. The molecule has 0 saturated carbocycles. The normalized spacial score (nSPS) is 32.9. The van der Waals surface area contributed by atoms with Crippen LogP contribution in [0.3, 0.4) is 0 Å². The van der Waals surface area contributed by atoms with Crippen LogP contribution in [0.15, 0.2) is 12.7 Å². The molecule has 2 atom stereocenters. The molecule has 1 heterocycles. The van der Waals surface area contributed by atoms with Crippen LogP contribution in [0.4, 0.5) is 0 Å². The van der Waals surface area contributed by atoms with E-state index in [1.54, 1.807) is 0 Å². The number of carbonyl (C=O) groups is 1. The van der Waals surface area contributed by atoms with Gasteiger partial charge in [0.1, 0.15) is 0 Å². The lowest BCUT2D eigenvalue weighted by atomic mass is 10.0. The van der Waals surface area contributed by atoms with E-state index in [0.29, 0.717) is 6.61 Å². The smallest absolute Gasteiger partial charge is 0.254 e. The van der Waals surface area contributed by atoms with Crippen molar-refractivity contribution in [3.63, 3.8) is 0 Å². The van der Waals surface area contributed by atoms with E-state index in [0.717, 1.165) is 0 Å². The average Bonchev–Trinajstić information content (AvgIpc) is 2.65. The topological polar surface area (TPSA) is 81.6 Å². The van der Waals surface area contributed by atoms with Crippen LogP contribution < -0.4 is 11.5 Å². The average molecular weight is 142 g/mol. The number of amides is 1. The van der Waals surface area contributed by atoms with Gasteiger partial charge in [-0.2, -0.15) is 0 Å². The fraction of sp³-hybridized carbons (Fsp3) is 0.500. The highest BCUT2D eigenvalue weighted by Crippen LogP contribution is 2.29. The lowest BCUT2D eigenvalue weighted by molar-refractivity contribution is -0.123. The Labute approximate surface area is 58.8 Å². The standard InChI is InChI=1S/C6H10N2O2/c1-2-4(7)6(3-10-6)5(8)9/h2,4H,1,3,7H2,(H2,8,9). The number of nitrogens with two attached hydrogens (primary N) is 2. The third-order valence-electron chi connectivity index (χ3n) is 1.66. The van der Waals surface area contributed by atoms with Crippen molar-refractivity contribution < 1.29 is 9.53 Å². The van der Waals surface area contributed by atoms with Crippen molar-refractivity contribution in [1.82, 2.24) is 0 Å². The van der Waals surface area contributed by atoms with Gasteiger partial charge >= 0.3 is 0 Å². The van der Waals surface area contributed by atoms with Crippen LogP contribution in [0.2, 0.25) is 0 Å². The summed E-state index contributed by atoms with van der Waals surface area (Å²) in [6.07, 6.45) is 1.46. The van der Waals surface area contributed by atoms with E-state index in [1.807, 2.05) is 0 Å². The van der Waals surface area contributed by atoms with Gasteiger partial charge in [0.15, 0.2) is 5.60 Å². The molecule has 1 aliphatic heterocycles. The summed E-state index contributed by atoms with van der Waals surface area (Å²) in [4.78, 5) is 10.7. The third kappa shape index (κ3) is 0.815. The van der Waals surface area contributed by atoms with Crippen molar-refractivity contribution in [2.45, 2.75) is 11.6 Å². The van der Waals surface area contributed by atoms with Gasteiger partial charge in [-0.25, -0.2) is 0 Å². The molecule has 4 heteroatoms. The molecule has 0 spiro atoms. The van der Waals surface area contributed by atoms with Gasteiger partial charge in [-0.15, -0.1) is 6.58 Å². The Morgan fingerprint density at radius 2 is 2.40 bits per heavy atom. The van der Waals surface area contributed by atoms with E-state index < -0.39 is 17.6 Å². The van der Waals surface area contributed by atoms with E-state index in [1.165, 1.54) is 6.08 Å². The zero-order chi connectivity index (χ0) is 7.78. The summed E-state index contributed by atoms with van der Waals surface area (Å²) in [7, 11) is 0. The maximum atomic E-state index is 10.7. The number of epoxide rings is 1. The summed E-state index contributed by atoms with van der Waals surface area (Å²) >= 11 is 0. The number of hydrogen-bond acceptors (Lipinski definition) is 3. The molecule has 1 aliphatic rings. The van der Waals surface area contributed by atoms with Crippen molar-refractivity contribution in [1.29, 1.82) is 0 Å². The number of rotatable bonds is 3. The molecule has 0 radical (unpaired) electrons. The Kier molecular flexibility index (Phi) is 1.50. The second-order valence-corrected chi connectivity index (χ2v) is 2.30. The molecule has 1 fully saturated rings. The third-order valence-corrected chi connectivity index (χ3v) is 1.66. The summed E-state index contributed by atoms with van der Waals surface area (Å²) in [5.41, 5.74) is 9.55. The second-order valence-electron chi connectivity index (χ2n) is 2.30. The van der Waals surface area contributed by atoms with Crippen molar-refractivity contribution in [3.05, 3.63) is 12.7 Å². The summed E-state index contributed by atoms with van der Waals surface area (Å²) in [5.74, 6) is -0.514. The SMILES string of the molecule is C=CC(N)C1(C(N)=O)CO1. The zero-order valence-corrected chi connectivity index (χ0v) is 5.54. The first kappa shape index (κ1) is 7.24. The van der Waals surface area contributed by atoms with Crippen LogP contribution in [-0.2, 0) is 9.53 Å². The zero-order valence-electron chi connectivity index (χ0n) is 5.54. The van der Waals surface area contributed by atoms with Crippen LogP contribution >= 0.6 is 0 Å². The number of ether oxygens (including phenoxy) is 1. The summed E-state index contributed by atoms with van der Waals surface area (Å²) in [5, 5.41) is 0. The molecule has 1 rings (SSSR count). The monoisotopic (exact) mass is 142 g/mol. The van der Waals surface area contributed by atoms with E-state index in [9.17, 15) is 4.79 Å². The molecular weight excluding hydrogens is 132 g/mol. The highest BCUT2D eigenvalue weighted by molar-refractivity contribution is 5.87. The predicted molar refractivity (Wildman–Crippen MR) is 36.0 cm³/mol. The number of carbonyl (C=O) groups excluding carboxylic acids is 1. The molecule has 2 unspecified atom stereocenters. The van der Waals surface area contributed by atoms with Gasteiger partial charge in [-0.1, -0.05) is 6.08 Å². The Hall–Kier alpha value is -0.870. The fourth-order valence-electron chi connectivity index (χ4n) is 0.767. The van der Waals surface area contributed by atoms with Crippen LogP contribution in [0, 0.1) is 0 Å². The second kappa shape index (κ2) is 2.07. The predicted octanol–water partition coefficient (Wildman–Crippen LogP) is -1.25. The number of hydrogen-bond donors (Lipinski definition) is 2. The highest BCUT2D eigenvalue weighted by Gasteiger charge is 2.54. The Morgan fingerprint density at radius 1 is 1.90 bits per heavy atom. The Balaban J connectivity index is 2.68. The van der Waals surface area contributed by atoms with Crippen molar-refractivity contribution in [2.75, 3.05) is 6.61 Å². The van der Waals surface area contributed by atoms with Gasteiger partial charge in [-0.05, 0) is 0 Å². The van der Waals surface area contributed by atoms with Crippen molar-refractivity contribution in [2.24, 2.45) is 11.5 Å². The van der Waals surface area contributed by atoms with Crippen molar-refractivity contribution >= 4 is 5.91 Å². The molecule has 56 valence electrons. The molecule has 4 nitrogen and oxygen atoms in total. The molecule has 0 aliphatic carbocycles. The van der Waals surface area contributed by atoms with E-state index in [-0.39, 0.29) is 0 Å². The highest BCUT2D eigenvalue weighted by atomic mass is 16.6. The molecule has 1 amide bonds. The fourth-order valence-corrected chi connectivity index (χ4v) is 0.767. The van der Waals surface area contributed by atoms with Gasteiger partial charge in [0, 0.05) is 0 Å². The molecule has 0 aromatic carbocycles. The minimum absolute atomic E-state index is 0.315. The minimum atomic E-state index is -0.943. The molecule has 10 heavy (non-hydrogen) atoms. The van der Waals surface area contributed by atoms with Crippen LogP contribution in [0.5, 0.6) is 0 Å². The summed E-state index contributed by atoms with van der Waals surface area (Å²) in [6.45, 7) is 3.75. The van der Waals surface area contributed by atoms with Gasteiger partial charge in [-0.3, -0.25) is 4.79 Å². The van der Waals surface area contributed by atoms with Gasteiger partial charge in [0.2, 0.25) is 0 Å². The molecule has 0 aromatic rings. The largest absolute Gasteiger partial charge is 0.367 e. The maximum Gasteiger partial charge on any atom is 0.254 e. The first-order valence-electron chi connectivity index (χ1n) is 2.95. The molecule has 0 bridgehead atoms. The molecule has 0 aromatic heterocycles. The first-order chi connectivity index (χ1) is 4.63. The minimum Gasteiger partial charge on any atom is -0.367 e. The molecular formula is C6H10N2O2. The van der Waals surface area contributed by atoms with Gasteiger partial charge < -0.3 is 16.2 Å². The Bertz CT molecular complexity index is 175. The van der Waals surface area contributed by atoms with E-state index >= 15 is 0 Å². The quantitative estimate of drug-likeness (QED) is 0.381. The summed E-state index contributed by atoms with van der Waals surface area (Å²) < 4.78 is 4.84. The molecule has 4 N–H and O–H groups in total. The van der Waals surface area contributed by atoms with Crippen LogP contribution in [-0.4, -0.2) is 24.2 Å². The summed E-state index contributed by atoms with van der Waals surface area (Å²) in [6, 6.07) is -0.481. The molecule has 1 saturated heterocycles. The van der Waals surface area contributed by atoms with Crippen molar-refractivity contribution in [3.8, 4) is 0 Å². The van der Waals surface area contributed by atoms with Crippen LogP contribution in [0.25, 0.3) is 0 Å².